The number of aliphatic hydroxyl groups is 1. The number of hydrogen-bond donors (Lipinski definition) is 3. The predicted molar refractivity (Wildman–Crippen MR) is 45.8 cm³/mol. The standard InChI is InChI=1S/C8H14N2O3/c1-5(11)3-10-8(13)6-2-7(12)9-4-6/h5-6,11H,2-4H2,1H3,(H,9,12)(H,10,13)/t5-,6?/m1/s1. The van der Waals surface area contributed by atoms with E-state index in [0.717, 1.165) is 0 Å². The number of nitrogens with one attached hydrogen (secondary N) is 2. The fraction of sp³-hybridized carbons (Fsp3) is 0.750. The van der Waals surface area contributed by atoms with Gasteiger partial charge in [0.2, 0.25) is 11.8 Å². The smallest absolute Gasteiger partial charge is 0.225 e. The maximum absolute atomic E-state index is 11.3. The molecule has 13 heavy (non-hydrogen) atoms. The van der Waals surface area contributed by atoms with Crippen LogP contribution in [0.2, 0.25) is 0 Å². The fourth-order valence-corrected chi connectivity index (χ4v) is 1.18. The van der Waals surface area contributed by atoms with Crippen LogP contribution in [0, 0.1) is 5.92 Å². The lowest BCUT2D eigenvalue weighted by Gasteiger charge is -2.09. The molecular weight excluding hydrogens is 172 g/mol. The van der Waals surface area contributed by atoms with E-state index < -0.39 is 6.10 Å². The van der Waals surface area contributed by atoms with E-state index in [1.165, 1.54) is 0 Å². The second-order valence-corrected chi connectivity index (χ2v) is 3.30. The van der Waals surface area contributed by atoms with Crippen molar-refractivity contribution in [1.82, 2.24) is 10.6 Å². The summed E-state index contributed by atoms with van der Waals surface area (Å²) in [6, 6.07) is 0. The quantitative estimate of drug-likeness (QED) is 0.508. The van der Waals surface area contributed by atoms with E-state index in [1.807, 2.05) is 0 Å². The Morgan fingerprint density at radius 2 is 2.54 bits per heavy atom. The summed E-state index contributed by atoms with van der Waals surface area (Å²) in [5, 5.41) is 14.0. The zero-order valence-corrected chi connectivity index (χ0v) is 7.54. The van der Waals surface area contributed by atoms with Crippen molar-refractivity contribution in [2.45, 2.75) is 19.4 Å². The molecule has 1 aliphatic rings. The van der Waals surface area contributed by atoms with E-state index in [4.69, 9.17) is 5.11 Å². The van der Waals surface area contributed by atoms with E-state index in [2.05, 4.69) is 10.6 Å². The number of hydrogen-bond acceptors (Lipinski definition) is 3. The lowest BCUT2D eigenvalue weighted by Crippen LogP contribution is -2.36. The number of carbonyl (C=O) groups is 2. The summed E-state index contributed by atoms with van der Waals surface area (Å²) < 4.78 is 0. The van der Waals surface area contributed by atoms with E-state index in [0.29, 0.717) is 6.54 Å². The first-order valence-corrected chi connectivity index (χ1v) is 4.32. The van der Waals surface area contributed by atoms with Crippen LogP contribution in [0.1, 0.15) is 13.3 Å². The second kappa shape index (κ2) is 4.23. The van der Waals surface area contributed by atoms with Gasteiger partial charge >= 0.3 is 0 Å². The van der Waals surface area contributed by atoms with Crippen LogP contribution in [0.5, 0.6) is 0 Å². The minimum atomic E-state index is -0.547. The molecule has 1 unspecified atom stereocenters. The van der Waals surface area contributed by atoms with Crippen LogP contribution >= 0.6 is 0 Å². The van der Waals surface area contributed by atoms with Gasteiger partial charge in [-0.15, -0.1) is 0 Å². The summed E-state index contributed by atoms with van der Waals surface area (Å²) >= 11 is 0. The molecule has 5 heteroatoms. The van der Waals surface area contributed by atoms with Crippen LogP contribution in [-0.2, 0) is 9.59 Å². The van der Waals surface area contributed by atoms with E-state index in [9.17, 15) is 9.59 Å². The van der Waals surface area contributed by atoms with Crippen molar-refractivity contribution in [3.8, 4) is 0 Å². The number of rotatable bonds is 3. The van der Waals surface area contributed by atoms with Crippen LogP contribution in [0.4, 0.5) is 0 Å². The Hall–Kier alpha value is -1.10. The predicted octanol–water partition coefficient (Wildman–Crippen LogP) is -1.38. The SMILES string of the molecule is C[C@@H](O)CNC(=O)C1CNC(=O)C1. The fourth-order valence-electron chi connectivity index (χ4n) is 1.18. The van der Waals surface area contributed by atoms with Gasteiger partial charge in [0.05, 0.1) is 12.0 Å². The largest absolute Gasteiger partial charge is 0.392 e. The number of aliphatic hydroxyl groups excluding tert-OH is 1. The van der Waals surface area contributed by atoms with Gasteiger partial charge in [0.1, 0.15) is 0 Å². The van der Waals surface area contributed by atoms with Crippen LogP contribution in [0.25, 0.3) is 0 Å². The Morgan fingerprint density at radius 1 is 1.85 bits per heavy atom. The molecule has 3 N–H and O–H groups in total. The molecule has 0 aliphatic carbocycles. The molecule has 0 spiro atoms. The normalized spacial score (nSPS) is 23.8. The molecule has 1 saturated heterocycles. The zero-order valence-electron chi connectivity index (χ0n) is 7.54. The highest BCUT2D eigenvalue weighted by Crippen LogP contribution is 2.08. The van der Waals surface area contributed by atoms with Crippen LogP contribution in [-0.4, -0.2) is 36.1 Å². The third kappa shape index (κ3) is 3.02. The van der Waals surface area contributed by atoms with Crippen molar-refractivity contribution in [3.05, 3.63) is 0 Å². The molecule has 1 heterocycles. The maximum Gasteiger partial charge on any atom is 0.225 e. The summed E-state index contributed by atoms with van der Waals surface area (Å²) in [4.78, 5) is 22.0. The number of amides is 2. The third-order valence-corrected chi connectivity index (χ3v) is 1.92. The summed E-state index contributed by atoms with van der Waals surface area (Å²) in [6.07, 6.45) is -0.292. The van der Waals surface area contributed by atoms with Gasteiger partial charge in [-0.3, -0.25) is 9.59 Å². The molecule has 1 rings (SSSR count). The number of carbonyl (C=O) groups excluding carboxylic acids is 2. The van der Waals surface area contributed by atoms with Gasteiger partial charge < -0.3 is 15.7 Å². The molecular formula is C8H14N2O3. The summed E-state index contributed by atoms with van der Waals surface area (Å²) in [6.45, 7) is 2.24. The highest BCUT2D eigenvalue weighted by molar-refractivity contribution is 5.89. The summed E-state index contributed by atoms with van der Waals surface area (Å²) in [5.41, 5.74) is 0. The lowest BCUT2D eigenvalue weighted by molar-refractivity contribution is -0.126. The first-order valence-electron chi connectivity index (χ1n) is 4.32. The average Bonchev–Trinajstić information content (AvgIpc) is 2.47. The third-order valence-electron chi connectivity index (χ3n) is 1.92. The van der Waals surface area contributed by atoms with Crippen molar-refractivity contribution in [3.63, 3.8) is 0 Å². The molecule has 1 aliphatic heterocycles. The first-order chi connectivity index (χ1) is 6.09. The topological polar surface area (TPSA) is 78.4 Å². The van der Waals surface area contributed by atoms with Crippen molar-refractivity contribution >= 4 is 11.8 Å². The van der Waals surface area contributed by atoms with Crippen molar-refractivity contribution < 1.29 is 14.7 Å². The Kier molecular flexibility index (Phi) is 3.25. The monoisotopic (exact) mass is 186 g/mol. The summed E-state index contributed by atoms with van der Waals surface area (Å²) in [5.74, 6) is -0.525. The summed E-state index contributed by atoms with van der Waals surface area (Å²) in [7, 11) is 0. The molecule has 0 aromatic rings. The average molecular weight is 186 g/mol. The highest BCUT2D eigenvalue weighted by atomic mass is 16.3. The van der Waals surface area contributed by atoms with Gasteiger partial charge in [-0.25, -0.2) is 0 Å². The van der Waals surface area contributed by atoms with E-state index in [-0.39, 0.29) is 30.7 Å². The molecule has 1 fully saturated rings. The van der Waals surface area contributed by atoms with Crippen LogP contribution in [0.15, 0.2) is 0 Å². The molecule has 2 atom stereocenters. The first kappa shape index (κ1) is 9.98. The van der Waals surface area contributed by atoms with Crippen molar-refractivity contribution in [2.24, 2.45) is 5.92 Å². The van der Waals surface area contributed by atoms with Gasteiger partial charge in [-0.05, 0) is 6.92 Å². The molecule has 2 amide bonds. The Labute approximate surface area is 76.5 Å². The van der Waals surface area contributed by atoms with Gasteiger partial charge in [-0.1, -0.05) is 0 Å². The van der Waals surface area contributed by atoms with E-state index >= 15 is 0 Å². The lowest BCUT2D eigenvalue weighted by atomic mass is 10.1. The zero-order chi connectivity index (χ0) is 9.84. The van der Waals surface area contributed by atoms with E-state index in [1.54, 1.807) is 6.92 Å². The minimum Gasteiger partial charge on any atom is -0.392 e. The van der Waals surface area contributed by atoms with Gasteiger partial charge in [0.15, 0.2) is 0 Å². The van der Waals surface area contributed by atoms with Gasteiger partial charge in [0, 0.05) is 19.5 Å². The Bertz CT molecular complexity index is 215. The molecule has 0 radical (unpaired) electrons. The van der Waals surface area contributed by atoms with Gasteiger partial charge in [-0.2, -0.15) is 0 Å². The maximum atomic E-state index is 11.3. The highest BCUT2D eigenvalue weighted by Gasteiger charge is 2.27. The molecule has 0 saturated carbocycles. The molecule has 74 valence electrons. The minimum absolute atomic E-state index is 0.0859. The molecule has 0 bridgehead atoms. The Morgan fingerprint density at radius 3 is 3.00 bits per heavy atom. The second-order valence-electron chi connectivity index (χ2n) is 3.30. The van der Waals surface area contributed by atoms with Crippen LogP contribution in [0.3, 0.4) is 0 Å². The molecule has 0 aromatic carbocycles. The molecule has 0 aromatic heterocycles. The Balaban J connectivity index is 2.27. The van der Waals surface area contributed by atoms with Crippen LogP contribution < -0.4 is 10.6 Å². The van der Waals surface area contributed by atoms with Crippen molar-refractivity contribution in [1.29, 1.82) is 0 Å². The molecule has 5 nitrogen and oxygen atoms in total. The van der Waals surface area contributed by atoms with Gasteiger partial charge in [0.25, 0.3) is 0 Å². The van der Waals surface area contributed by atoms with Crippen molar-refractivity contribution in [2.75, 3.05) is 13.1 Å².